The Bertz CT molecular complexity index is 1180. The van der Waals surface area contributed by atoms with E-state index in [0.717, 1.165) is 83.5 Å². The summed E-state index contributed by atoms with van der Waals surface area (Å²) in [6, 6.07) is -0.686. The zero-order valence-corrected chi connectivity index (χ0v) is 37.5. The number of amides is 1. The molecule has 0 spiro atoms. The van der Waals surface area contributed by atoms with Crippen molar-refractivity contribution in [2.24, 2.45) is 0 Å². The van der Waals surface area contributed by atoms with Crippen molar-refractivity contribution in [3.63, 3.8) is 0 Å². The van der Waals surface area contributed by atoms with Crippen molar-refractivity contribution in [1.29, 1.82) is 0 Å². The van der Waals surface area contributed by atoms with Crippen LogP contribution in [0.5, 0.6) is 0 Å². The molecular formula is C54H89NO3. The fourth-order valence-electron chi connectivity index (χ4n) is 6.32. The normalized spacial score (nSPS) is 14.1. The van der Waals surface area contributed by atoms with E-state index in [-0.39, 0.29) is 12.5 Å². The van der Waals surface area contributed by atoms with E-state index in [4.69, 9.17) is 0 Å². The lowest BCUT2D eigenvalue weighted by molar-refractivity contribution is -0.122. The lowest BCUT2D eigenvalue weighted by Crippen LogP contribution is -2.45. The van der Waals surface area contributed by atoms with Crippen LogP contribution in [0.15, 0.2) is 122 Å². The monoisotopic (exact) mass is 800 g/mol. The molecule has 0 saturated carbocycles. The summed E-state index contributed by atoms with van der Waals surface area (Å²) in [7, 11) is 0. The first-order valence-electron chi connectivity index (χ1n) is 23.7. The van der Waals surface area contributed by atoms with E-state index in [9.17, 15) is 15.0 Å². The molecular weight excluding hydrogens is 711 g/mol. The number of aliphatic hydroxyl groups is 2. The Hall–Kier alpha value is -3.21. The highest BCUT2D eigenvalue weighted by Crippen LogP contribution is 2.13. The second kappa shape index (κ2) is 48.2. The van der Waals surface area contributed by atoms with Gasteiger partial charge in [0.05, 0.1) is 18.8 Å². The molecule has 0 bridgehead atoms. The standard InChI is InChI=1S/C54H89NO3/c1-3-5-7-9-11-13-15-17-19-21-23-25-27-29-31-33-35-37-39-41-43-45-47-49-53(57)52(51-56)55-54(58)50-48-46-44-42-40-38-36-34-32-30-28-26-24-22-20-18-16-14-12-10-8-6-4-2/h6,8,12,14,18,20,24,26,30-33,36,38-39,41-42,44,47,49,52-53,56-57H,3-5,7,9-11,13,15-17,19,21-23,25,27-29,34-35,37,40,43,45-46,48,50-51H2,1-2H3,(H,55,58)/b8-6-,14-12-,20-18-,26-24-,32-30-,33-31+,38-36-,41-39+,44-42-,49-47+. The number of rotatable bonds is 41. The van der Waals surface area contributed by atoms with Gasteiger partial charge in [0.1, 0.15) is 0 Å². The van der Waals surface area contributed by atoms with Crippen molar-refractivity contribution in [1.82, 2.24) is 5.32 Å². The van der Waals surface area contributed by atoms with Crippen LogP contribution < -0.4 is 5.32 Å². The second-order valence-corrected chi connectivity index (χ2v) is 15.4. The minimum atomic E-state index is -0.903. The minimum absolute atomic E-state index is 0.141. The first-order chi connectivity index (χ1) is 28.7. The van der Waals surface area contributed by atoms with Gasteiger partial charge in [0.25, 0.3) is 0 Å². The lowest BCUT2D eigenvalue weighted by atomic mass is 10.0. The summed E-state index contributed by atoms with van der Waals surface area (Å²) in [6.45, 7) is 4.15. The topological polar surface area (TPSA) is 69.6 Å². The summed E-state index contributed by atoms with van der Waals surface area (Å²) in [4.78, 5) is 12.4. The van der Waals surface area contributed by atoms with Crippen molar-refractivity contribution in [2.75, 3.05) is 6.61 Å². The summed E-state index contributed by atoms with van der Waals surface area (Å²) in [5.74, 6) is -0.141. The quantitative estimate of drug-likeness (QED) is 0.0426. The first kappa shape index (κ1) is 54.8. The molecule has 1 amide bonds. The van der Waals surface area contributed by atoms with E-state index in [2.05, 4.69) is 129 Å². The average Bonchev–Trinajstić information content (AvgIpc) is 3.23. The molecule has 0 aliphatic rings. The molecule has 0 aliphatic carbocycles. The lowest BCUT2D eigenvalue weighted by Gasteiger charge is -2.19. The molecule has 4 heteroatoms. The molecule has 58 heavy (non-hydrogen) atoms. The van der Waals surface area contributed by atoms with Gasteiger partial charge in [0, 0.05) is 6.42 Å². The average molecular weight is 800 g/mol. The number of carbonyl (C=O) groups excluding carboxylic acids is 1. The molecule has 0 radical (unpaired) electrons. The molecule has 0 fully saturated rings. The Morgan fingerprint density at radius 1 is 0.431 bits per heavy atom. The fourth-order valence-corrected chi connectivity index (χ4v) is 6.32. The van der Waals surface area contributed by atoms with Crippen LogP contribution in [0.1, 0.15) is 194 Å². The molecule has 2 atom stereocenters. The highest BCUT2D eigenvalue weighted by molar-refractivity contribution is 5.76. The predicted molar refractivity (Wildman–Crippen MR) is 257 cm³/mol. The van der Waals surface area contributed by atoms with Crippen LogP contribution in [0.4, 0.5) is 0 Å². The summed E-state index contributed by atoms with van der Waals surface area (Å²) in [6.07, 6.45) is 74.6. The number of unbranched alkanes of at least 4 members (excludes halogenated alkanes) is 16. The molecule has 0 aromatic carbocycles. The summed E-state index contributed by atoms with van der Waals surface area (Å²) in [5.41, 5.74) is 0. The number of carbonyl (C=O) groups is 1. The SMILES string of the molecule is CC/C=C\C/C=C\C/C=C\C/C=C\C/C=C\C/C=C\C/C=C\CCCC(=O)NC(CO)C(O)/C=C/CC/C=C/CC/C=C/CCCCCCCCCCCCCCC. The number of nitrogens with one attached hydrogen (secondary N) is 1. The first-order valence-corrected chi connectivity index (χ1v) is 23.7. The van der Waals surface area contributed by atoms with E-state index in [0.29, 0.717) is 6.42 Å². The van der Waals surface area contributed by atoms with Gasteiger partial charge in [-0.3, -0.25) is 4.79 Å². The van der Waals surface area contributed by atoms with E-state index in [1.54, 1.807) is 6.08 Å². The van der Waals surface area contributed by atoms with Gasteiger partial charge in [-0.15, -0.1) is 0 Å². The maximum Gasteiger partial charge on any atom is 0.220 e. The summed E-state index contributed by atoms with van der Waals surface area (Å²) < 4.78 is 0. The Morgan fingerprint density at radius 2 is 0.776 bits per heavy atom. The minimum Gasteiger partial charge on any atom is -0.394 e. The van der Waals surface area contributed by atoms with Gasteiger partial charge in [0.15, 0.2) is 0 Å². The smallest absolute Gasteiger partial charge is 0.220 e. The number of aliphatic hydroxyl groups excluding tert-OH is 2. The van der Waals surface area contributed by atoms with Crippen LogP contribution in [-0.2, 0) is 4.79 Å². The second-order valence-electron chi connectivity index (χ2n) is 15.4. The number of allylic oxidation sites excluding steroid dienone is 19. The van der Waals surface area contributed by atoms with Gasteiger partial charge >= 0.3 is 0 Å². The summed E-state index contributed by atoms with van der Waals surface area (Å²) >= 11 is 0. The van der Waals surface area contributed by atoms with Crippen LogP contribution in [0, 0.1) is 0 Å². The van der Waals surface area contributed by atoms with Crippen molar-refractivity contribution in [2.45, 2.75) is 206 Å². The largest absolute Gasteiger partial charge is 0.394 e. The molecule has 328 valence electrons. The maximum absolute atomic E-state index is 12.4. The summed E-state index contributed by atoms with van der Waals surface area (Å²) in [5, 5.41) is 23.0. The molecule has 3 N–H and O–H groups in total. The Morgan fingerprint density at radius 3 is 1.21 bits per heavy atom. The Balaban J connectivity index is 3.79. The van der Waals surface area contributed by atoms with Crippen molar-refractivity contribution < 1.29 is 15.0 Å². The van der Waals surface area contributed by atoms with Gasteiger partial charge in [0.2, 0.25) is 5.91 Å². The van der Waals surface area contributed by atoms with Crippen molar-refractivity contribution in [3.8, 4) is 0 Å². The molecule has 0 aliphatic heterocycles. The Kier molecular flexibility index (Phi) is 45.5. The maximum atomic E-state index is 12.4. The Labute approximate surface area is 358 Å². The molecule has 0 saturated heterocycles. The van der Waals surface area contributed by atoms with Gasteiger partial charge in [-0.1, -0.05) is 212 Å². The van der Waals surface area contributed by atoms with E-state index < -0.39 is 12.1 Å². The number of hydrogen-bond acceptors (Lipinski definition) is 3. The molecule has 2 unspecified atom stereocenters. The third-order valence-corrected chi connectivity index (χ3v) is 9.91. The van der Waals surface area contributed by atoms with Crippen molar-refractivity contribution in [3.05, 3.63) is 122 Å². The molecule has 0 rings (SSSR count). The van der Waals surface area contributed by atoms with E-state index in [1.165, 1.54) is 89.9 Å². The van der Waals surface area contributed by atoms with E-state index in [1.807, 2.05) is 6.08 Å². The fraction of sp³-hybridized carbons (Fsp3) is 0.611. The van der Waals surface area contributed by atoms with Gasteiger partial charge in [-0.25, -0.2) is 0 Å². The zero-order chi connectivity index (χ0) is 42.1. The van der Waals surface area contributed by atoms with Gasteiger partial charge < -0.3 is 15.5 Å². The highest BCUT2D eigenvalue weighted by Gasteiger charge is 2.17. The zero-order valence-electron chi connectivity index (χ0n) is 37.5. The third-order valence-electron chi connectivity index (χ3n) is 9.91. The highest BCUT2D eigenvalue weighted by atomic mass is 16.3. The molecule has 0 heterocycles. The third kappa shape index (κ3) is 43.9. The van der Waals surface area contributed by atoms with Gasteiger partial charge in [-0.2, -0.15) is 0 Å². The van der Waals surface area contributed by atoms with Crippen molar-refractivity contribution >= 4 is 5.91 Å². The van der Waals surface area contributed by atoms with Crippen LogP contribution in [0.25, 0.3) is 0 Å². The van der Waals surface area contributed by atoms with Crippen LogP contribution in [0.2, 0.25) is 0 Å². The van der Waals surface area contributed by atoms with Crippen LogP contribution in [0.3, 0.4) is 0 Å². The predicted octanol–water partition coefficient (Wildman–Crippen LogP) is 15.3. The van der Waals surface area contributed by atoms with Crippen LogP contribution in [-0.4, -0.2) is 34.9 Å². The molecule has 0 aromatic rings. The number of hydrogen-bond donors (Lipinski definition) is 3. The molecule has 0 aromatic heterocycles. The molecule has 4 nitrogen and oxygen atoms in total. The van der Waals surface area contributed by atoms with E-state index >= 15 is 0 Å². The van der Waals surface area contributed by atoms with Gasteiger partial charge in [-0.05, 0) is 96.3 Å². The van der Waals surface area contributed by atoms with Crippen LogP contribution >= 0.6 is 0 Å².